The van der Waals surface area contributed by atoms with Crippen LogP contribution < -0.4 is 10.1 Å². The Morgan fingerprint density at radius 1 is 1.12 bits per heavy atom. The van der Waals surface area contributed by atoms with Crippen LogP contribution in [-0.2, 0) is 10.0 Å². The summed E-state index contributed by atoms with van der Waals surface area (Å²) in [4.78, 5) is 8.33. The molecule has 0 aliphatic heterocycles. The molecule has 0 bridgehead atoms. The van der Waals surface area contributed by atoms with E-state index in [0.717, 1.165) is 0 Å². The summed E-state index contributed by atoms with van der Waals surface area (Å²) in [6.07, 6.45) is 3.01. The van der Waals surface area contributed by atoms with Crippen molar-refractivity contribution in [2.45, 2.75) is 11.8 Å². The van der Waals surface area contributed by atoms with Crippen LogP contribution in [0.2, 0.25) is 0 Å². The first-order chi connectivity index (χ1) is 12.0. The Bertz CT molecular complexity index is 970. The van der Waals surface area contributed by atoms with E-state index >= 15 is 0 Å². The van der Waals surface area contributed by atoms with Gasteiger partial charge in [-0.1, -0.05) is 18.2 Å². The van der Waals surface area contributed by atoms with E-state index in [1.807, 2.05) is 0 Å². The molecule has 2 heterocycles. The van der Waals surface area contributed by atoms with E-state index in [-0.39, 0.29) is 10.8 Å². The number of anilines is 2. The minimum Gasteiger partial charge on any atom is -0.463 e. The second-order valence-corrected chi connectivity index (χ2v) is 6.70. The monoisotopic (exact) mass is 357 g/mol. The van der Waals surface area contributed by atoms with Crippen LogP contribution in [0.1, 0.15) is 11.5 Å². The fraction of sp³-hybridized carbons (Fsp3) is 0.0625. The predicted octanol–water partition coefficient (Wildman–Crippen LogP) is 2.62. The zero-order valence-corrected chi connectivity index (χ0v) is 14.1. The summed E-state index contributed by atoms with van der Waals surface area (Å²) in [7, 11) is -3.76. The van der Waals surface area contributed by atoms with Crippen molar-refractivity contribution in [2.24, 2.45) is 5.10 Å². The third kappa shape index (κ3) is 4.42. The van der Waals surface area contributed by atoms with Gasteiger partial charge < -0.3 is 4.42 Å². The zero-order chi connectivity index (χ0) is 17.7. The van der Waals surface area contributed by atoms with E-state index in [4.69, 9.17) is 4.42 Å². The molecule has 1 aromatic carbocycles. The quantitative estimate of drug-likeness (QED) is 0.518. The average molecular weight is 357 g/mol. The number of furan rings is 1. The minimum atomic E-state index is -3.76. The van der Waals surface area contributed by atoms with Gasteiger partial charge in [-0.25, -0.2) is 18.1 Å². The lowest BCUT2D eigenvalue weighted by atomic mass is 10.4. The Balaban J connectivity index is 1.77. The van der Waals surface area contributed by atoms with Crippen molar-refractivity contribution in [3.8, 4) is 0 Å². The minimum absolute atomic E-state index is 0.0421. The van der Waals surface area contributed by atoms with Crippen molar-refractivity contribution in [2.75, 3.05) is 10.1 Å². The van der Waals surface area contributed by atoms with Crippen molar-refractivity contribution in [1.29, 1.82) is 0 Å². The Hall–Kier alpha value is -3.20. The molecule has 2 aromatic heterocycles. The van der Waals surface area contributed by atoms with Gasteiger partial charge in [-0.2, -0.15) is 10.1 Å². The molecule has 25 heavy (non-hydrogen) atoms. The number of sulfonamides is 1. The number of hydrogen-bond acceptors (Lipinski definition) is 7. The Kier molecular flexibility index (Phi) is 4.75. The summed E-state index contributed by atoms with van der Waals surface area (Å²) < 4.78 is 32.2. The normalized spacial score (nSPS) is 11.6. The van der Waals surface area contributed by atoms with Gasteiger partial charge in [0.15, 0.2) is 5.82 Å². The Labute approximate surface area is 144 Å². The number of rotatable bonds is 6. The van der Waals surface area contributed by atoms with Gasteiger partial charge in [0.2, 0.25) is 5.95 Å². The Morgan fingerprint density at radius 2 is 1.92 bits per heavy atom. The number of hydrogen-bond donors (Lipinski definition) is 2. The molecule has 9 heteroatoms. The second kappa shape index (κ2) is 7.14. The summed E-state index contributed by atoms with van der Waals surface area (Å²) >= 11 is 0. The van der Waals surface area contributed by atoms with Crippen LogP contribution in [0.4, 0.5) is 11.8 Å². The first kappa shape index (κ1) is 16.7. The van der Waals surface area contributed by atoms with Crippen LogP contribution in [0.3, 0.4) is 0 Å². The number of benzene rings is 1. The lowest BCUT2D eigenvalue weighted by Crippen LogP contribution is -2.15. The number of aryl methyl sites for hydroxylation is 1. The maximum absolute atomic E-state index is 12.3. The zero-order valence-electron chi connectivity index (χ0n) is 13.2. The number of hydrazone groups is 1. The number of nitrogens with one attached hydrogen (secondary N) is 2. The van der Waals surface area contributed by atoms with E-state index in [9.17, 15) is 8.42 Å². The molecule has 0 unspecified atom stereocenters. The summed E-state index contributed by atoms with van der Waals surface area (Å²) in [6.45, 7) is 1.73. The van der Waals surface area contributed by atoms with Gasteiger partial charge in [0, 0.05) is 11.8 Å². The van der Waals surface area contributed by atoms with Gasteiger partial charge >= 0.3 is 0 Å². The molecule has 0 spiro atoms. The van der Waals surface area contributed by atoms with Crippen LogP contribution in [0.5, 0.6) is 0 Å². The highest BCUT2D eigenvalue weighted by molar-refractivity contribution is 7.92. The van der Waals surface area contributed by atoms with Gasteiger partial charge in [0.1, 0.15) is 5.76 Å². The molecule has 0 amide bonds. The van der Waals surface area contributed by atoms with Crippen molar-refractivity contribution in [3.05, 3.63) is 66.2 Å². The highest BCUT2D eigenvalue weighted by Crippen LogP contribution is 2.15. The third-order valence-electron chi connectivity index (χ3n) is 3.05. The fourth-order valence-corrected chi connectivity index (χ4v) is 2.94. The van der Waals surface area contributed by atoms with Gasteiger partial charge in [0.05, 0.1) is 17.4 Å². The predicted molar refractivity (Wildman–Crippen MR) is 93.9 cm³/mol. The molecule has 128 valence electrons. The Morgan fingerprint density at radius 3 is 2.64 bits per heavy atom. The second-order valence-electron chi connectivity index (χ2n) is 5.02. The lowest BCUT2D eigenvalue weighted by Gasteiger charge is -2.08. The van der Waals surface area contributed by atoms with Crippen LogP contribution in [0, 0.1) is 6.92 Å². The summed E-state index contributed by atoms with van der Waals surface area (Å²) in [6, 6.07) is 13.1. The molecule has 0 saturated heterocycles. The molecule has 0 radical (unpaired) electrons. The van der Waals surface area contributed by atoms with E-state index in [0.29, 0.717) is 17.3 Å². The van der Waals surface area contributed by atoms with E-state index in [1.165, 1.54) is 24.6 Å². The van der Waals surface area contributed by atoms with E-state index in [2.05, 4.69) is 25.2 Å². The summed E-state index contributed by atoms with van der Waals surface area (Å²) in [5.41, 5.74) is 3.29. The fourth-order valence-electron chi connectivity index (χ4n) is 1.98. The summed E-state index contributed by atoms with van der Waals surface area (Å²) in [5.74, 6) is 0.879. The van der Waals surface area contributed by atoms with Gasteiger partial charge in [0.25, 0.3) is 10.0 Å². The van der Waals surface area contributed by atoms with Gasteiger partial charge in [-0.05, 0) is 31.2 Å². The average Bonchev–Trinajstić information content (AvgIpc) is 3.08. The van der Waals surface area contributed by atoms with E-state index < -0.39 is 10.0 Å². The largest absolute Gasteiger partial charge is 0.463 e. The van der Waals surface area contributed by atoms with Gasteiger partial charge in [-0.15, -0.1) is 0 Å². The van der Waals surface area contributed by atoms with Gasteiger partial charge in [-0.3, -0.25) is 5.43 Å². The van der Waals surface area contributed by atoms with Crippen LogP contribution in [-0.4, -0.2) is 24.6 Å². The van der Waals surface area contributed by atoms with Crippen LogP contribution in [0.15, 0.2) is 69.2 Å². The van der Waals surface area contributed by atoms with E-state index in [1.54, 1.807) is 43.3 Å². The molecule has 8 nitrogen and oxygen atoms in total. The maximum atomic E-state index is 12.3. The highest BCUT2D eigenvalue weighted by Gasteiger charge is 2.15. The van der Waals surface area contributed by atoms with Crippen molar-refractivity contribution in [1.82, 2.24) is 9.97 Å². The topological polar surface area (TPSA) is 109 Å². The smallest absolute Gasteiger partial charge is 0.264 e. The molecule has 3 aromatic rings. The molecule has 0 saturated carbocycles. The molecule has 3 rings (SSSR count). The SMILES string of the molecule is Cc1cc(N/N=C\c2ccco2)nc(NS(=O)(=O)c2ccccc2)n1. The van der Waals surface area contributed by atoms with Crippen LogP contribution in [0.25, 0.3) is 0 Å². The number of aromatic nitrogens is 2. The number of nitrogens with zero attached hydrogens (tertiary/aromatic N) is 3. The molecule has 2 N–H and O–H groups in total. The molecular formula is C16H15N5O3S. The van der Waals surface area contributed by atoms with Crippen molar-refractivity contribution < 1.29 is 12.8 Å². The summed E-state index contributed by atoms with van der Waals surface area (Å²) in [5, 5.41) is 3.98. The maximum Gasteiger partial charge on any atom is 0.264 e. The molecule has 0 aliphatic rings. The molecule has 0 fully saturated rings. The standard InChI is InChI=1S/C16H15N5O3S/c1-12-10-15(20-17-11-13-6-5-9-24-13)19-16(18-12)21-25(22,23)14-7-3-2-4-8-14/h2-11H,1H3,(H2,18,19,20,21)/b17-11-. The molecule has 0 atom stereocenters. The van der Waals surface area contributed by atoms with Crippen LogP contribution >= 0.6 is 0 Å². The third-order valence-corrected chi connectivity index (χ3v) is 4.39. The highest BCUT2D eigenvalue weighted by atomic mass is 32.2. The van der Waals surface area contributed by atoms with Crippen molar-refractivity contribution in [3.63, 3.8) is 0 Å². The first-order valence-electron chi connectivity index (χ1n) is 7.29. The molecular weight excluding hydrogens is 342 g/mol. The lowest BCUT2D eigenvalue weighted by molar-refractivity contribution is 0.560. The van der Waals surface area contributed by atoms with Crippen molar-refractivity contribution >= 4 is 28.0 Å². The first-order valence-corrected chi connectivity index (χ1v) is 8.77. The molecule has 0 aliphatic carbocycles.